The molecule has 5 rings (SSSR count). The van der Waals surface area contributed by atoms with Gasteiger partial charge in [0, 0.05) is 35.5 Å². The van der Waals surface area contributed by atoms with Crippen molar-refractivity contribution >= 4 is 50.7 Å². The highest BCUT2D eigenvalue weighted by Gasteiger charge is 2.42. The number of fused-ring (bicyclic) bond motifs is 1. The highest BCUT2D eigenvalue weighted by molar-refractivity contribution is 7.21. The fourth-order valence-corrected chi connectivity index (χ4v) is 6.14. The molecule has 3 N–H and O–H groups in total. The highest BCUT2D eigenvalue weighted by Crippen LogP contribution is 2.47. The van der Waals surface area contributed by atoms with Gasteiger partial charge < -0.3 is 11.1 Å². The van der Waals surface area contributed by atoms with Gasteiger partial charge in [0.1, 0.15) is 15.4 Å². The number of thiophene rings is 1. The van der Waals surface area contributed by atoms with E-state index in [1.807, 2.05) is 0 Å². The van der Waals surface area contributed by atoms with Crippen LogP contribution in [0.15, 0.2) is 12.3 Å². The fourth-order valence-electron chi connectivity index (χ4n) is 4.74. The number of alkyl halides is 6. The molecule has 224 valence electrons. The molecule has 1 aliphatic carbocycles. The van der Waals surface area contributed by atoms with Crippen LogP contribution < -0.4 is 11.1 Å². The van der Waals surface area contributed by atoms with Crippen LogP contribution in [0.2, 0.25) is 5.02 Å². The molecule has 2 amide bonds. The van der Waals surface area contributed by atoms with Crippen LogP contribution in [0.25, 0.3) is 21.3 Å². The molecule has 1 fully saturated rings. The largest absolute Gasteiger partial charge is 0.436 e. The van der Waals surface area contributed by atoms with Gasteiger partial charge >= 0.3 is 12.4 Å². The van der Waals surface area contributed by atoms with Gasteiger partial charge in [-0.3, -0.25) is 19.0 Å². The van der Waals surface area contributed by atoms with Gasteiger partial charge in [0.25, 0.3) is 5.91 Å². The first-order valence-electron chi connectivity index (χ1n) is 12.6. The fraction of sp³-hybridized carbons (Fsp3) is 0.400. The Morgan fingerprint density at radius 1 is 1.14 bits per heavy atom. The minimum atomic E-state index is -4.82. The Bertz CT molecular complexity index is 1720. The Kier molecular flexibility index (Phi) is 7.50. The first-order chi connectivity index (χ1) is 19.6. The van der Waals surface area contributed by atoms with E-state index in [-0.39, 0.29) is 50.9 Å². The number of pyridine rings is 1. The lowest BCUT2D eigenvalue weighted by atomic mass is 10.0. The van der Waals surface area contributed by atoms with Gasteiger partial charge in [0.15, 0.2) is 5.69 Å². The lowest BCUT2D eigenvalue weighted by Crippen LogP contribution is -2.19. The van der Waals surface area contributed by atoms with Crippen molar-refractivity contribution in [1.29, 1.82) is 0 Å². The van der Waals surface area contributed by atoms with Gasteiger partial charge in [-0.15, -0.1) is 11.3 Å². The van der Waals surface area contributed by atoms with E-state index in [0.29, 0.717) is 42.0 Å². The lowest BCUT2D eigenvalue weighted by Gasteiger charge is -2.13. The monoisotopic (exact) mass is 633 g/mol. The molecule has 0 radical (unpaired) electrons. The molecule has 0 aliphatic heterocycles. The van der Waals surface area contributed by atoms with Crippen LogP contribution in [0.5, 0.6) is 0 Å². The number of nitrogens with one attached hydrogen (secondary N) is 1. The highest BCUT2D eigenvalue weighted by atomic mass is 35.5. The molecule has 17 heteroatoms. The molecule has 1 aliphatic rings. The van der Waals surface area contributed by atoms with Crippen LogP contribution >= 0.6 is 22.9 Å². The summed E-state index contributed by atoms with van der Waals surface area (Å²) < 4.78 is 84.2. The minimum Gasteiger partial charge on any atom is -0.365 e. The third kappa shape index (κ3) is 5.44. The molecule has 0 atom stereocenters. The first kappa shape index (κ1) is 29.8. The Labute approximate surface area is 242 Å². The molecule has 4 aromatic rings. The molecule has 4 heterocycles. The summed E-state index contributed by atoms with van der Waals surface area (Å²) in [5.74, 6) is -1.97. The summed E-state index contributed by atoms with van der Waals surface area (Å²) in [6.45, 7) is 3.62. The summed E-state index contributed by atoms with van der Waals surface area (Å²) in [4.78, 5) is 28.7. The number of primary amides is 1. The Hall–Kier alpha value is -3.66. The standard InChI is InChI=1S/C25H22ClF6N7O2S/c1-3-38-10(2)13(9-34-38)12-8-14(24(27,28)29)35-23-16(12)18(20(42-23)22(33)41)36-15(40)6-7-39-19(11-4-5-11)17(26)21(37-39)25(30,31)32/h8-9,11H,3-7H2,1-2H3,(H2,33,41)(H,36,40). The predicted octanol–water partition coefficient (Wildman–Crippen LogP) is 6.38. The number of hydrogen-bond donors (Lipinski definition) is 2. The molecule has 4 aromatic heterocycles. The van der Waals surface area contributed by atoms with Gasteiger partial charge in [0.05, 0.1) is 29.1 Å². The first-order valence-corrected chi connectivity index (χ1v) is 13.8. The Morgan fingerprint density at radius 2 is 1.83 bits per heavy atom. The predicted molar refractivity (Wildman–Crippen MR) is 142 cm³/mol. The molecule has 0 saturated heterocycles. The second kappa shape index (κ2) is 10.6. The number of halogens is 7. The van der Waals surface area contributed by atoms with E-state index in [1.165, 1.54) is 6.20 Å². The Morgan fingerprint density at radius 3 is 2.38 bits per heavy atom. The third-order valence-corrected chi connectivity index (χ3v) is 8.32. The number of nitrogens with two attached hydrogens (primary N) is 1. The number of nitrogens with zero attached hydrogens (tertiary/aromatic N) is 5. The molecule has 0 unspecified atom stereocenters. The zero-order valence-corrected chi connectivity index (χ0v) is 23.5. The normalized spacial score (nSPS) is 14.1. The quantitative estimate of drug-likeness (QED) is 0.218. The van der Waals surface area contributed by atoms with Crippen LogP contribution in [0.1, 0.15) is 64.6 Å². The van der Waals surface area contributed by atoms with Gasteiger partial charge in [-0.05, 0) is 38.3 Å². The van der Waals surface area contributed by atoms with E-state index in [9.17, 15) is 35.9 Å². The second-order valence-electron chi connectivity index (χ2n) is 9.70. The number of carbonyl (C=O) groups excluding carboxylic acids is 2. The van der Waals surface area contributed by atoms with Crippen LogP contribution in [0.4, 0.5) is 32.0 Å². The summed E-state index contributed by atoms with van der Waals surface area (Å²) in [5, 5.41) is 9.87. The summed E-state index contributed by atoms with van der Waals surface area (Å²) in [5.41, 5.74) is 3.98. The zero-order chi connectivity index (χ0) is 30.7. The molecular formula is C25H22ClF6N7O2S. The van der Waals surface area contributed by atoms with E-state index in [1.54, 1.807) is 18.5 Å². The van der Waals surface area contributed by atoms with E-state index in [0.717, 1.165) is 10.7 Å². The number of amides is 2. The number of aryl methyl sites for hydroxylation is 2. The van der Waals surface area contributed by atoms with Crippen LogP contribution in [-0.2, 0) is 30.2 Å². The summed E-state index contributed by atoms with van der Waals surface area (Å²) in [7, 11) is 0. The molecule has 42 heavy (non-hydrogen) atoms. The smallest absolute Gasteiger partial charge is 0.365 e. The van der Waals surface area contributed by atoms with Crippen molar-refractivity contribution < 1.29 is 35.9 Å². The van der Waals surface area contributed by atoms with Gasteiger partial charge in [-0.2, -0.15) is 36.5 Å². The molecule has 0 spiro atoms. The molecule has 0 bridgehead atoms. The number of aromatic nitrogens is 5. The van der Waals surface area contributed by atoms with Crippen molar-refractivity contribution in [3.8, 4) is 11.1 Å². The van der Waals surface area contributed by atoms with Gasteiger partial charge in [-0.1, -0.05) is 11.6 Å². The van der Waals surface area contributed by atoms with Crippen molar-refractivity contribution in [3.63, 3.8) is 0 Å². The maximum Gasteiger partial charge on any atom is 0.436 e. The maximum atomic E-state index is 13.8. The average molecular weight is 634 g/mol. The summed E-state index contributed by atoms with van der Waals surface area (Å²) in [6.07, 6.45) is -7.37. The van der Waals surface area contributed by atoms with Crippen molar-refractivity contribution in [2.24, 2.45) is 5.73 Å². The molecule has 1 saturated carbocycles. The molecule has 9 nitrogen and oxygen atoms in total. The van der Waals surface area contributed by atoms with Gasteiger partial charge in [-0.25, -0.2) is 4.98 Å². The van der Waals surface area contributed by atoms with Crippen LogP contribution in [0, 0.1) is 6.92 Å². The van der Waals surface area contributed by atoms with Crippen LogP contribution in [0.3, 0.4) is 0 Å². The molecule has 0 aromatic carbocycles. The number of rotatable bonds is 8. The van der Waals surface area contributed by atoms with Crippen molar-refractivity contribution in [3.05, 3.63) is 44.9 Å². The minimum absolute atomic E-state index is 0.0215. The number of hydrogen-bond acceptors (Lipinski definition) is 6. The summed E-state index contributed by atoms with van der Waals surface area (Å²) >= 11 is 6.58. The summed E-state index contributed by atoms with van der Waals surface area (Å²) in [6, 6.07) is 0.811. The second-order valence-corrected chi connectivity index (χ2v) is 11.1. The van der Waals surface area contributed by atoms with E-state index < -0.39 is 40.6 Å². The number of carbonyl (C=O) groups is 2. The van der Waals surface area contributed by atoms with Crippen LogP contribution in [-0.4, -0.2) is 36.4 Å². The van der Waals surface area contributed by atoms with Crippen molar-refractivity contribution in [2.75, 3.05) is 5.32 Å². The van der Waals surface area contributed by atoms with Crippen molar-refractivity contribution in [1.82, 2.24) is 24.5 Å². The SMILES string of the molecule is CCn1ncc(-c2cc(C(F)(F)F)nc3sc(C(N)=O)c(NC(=O)CCn4nc(C(F)(F)F)c(Cl)c4C4CC4)c23)c1C. The third-order valence-electron chi connectivity index (χ3n) is 6.85. The van der Waals surface area contributed by atoms with Crippen molar-refractivity contribution in [2.45, 2.75) is 64.5 Å². The molecular weight excluding hydrogens is 612 g/mol. The maximum absolute atomic E-state index is 13.8. The zero-order valence-electron chi connectivity index (χ0n) is 22.0. The average Bonchev–Trinajstić information content (AvgIpc) is 3.42. The van der Waals surface area contributed by atoms with E-state index in [2.05, 4.69) is 20.5 Å². The lowest BCUT2D eigenvalue weighted by molar-refractivity contribution is -0.142. The Balaban J connectivity index is 1.55. The topological polar surface area (TPSA) is 121 Å². The van der Waals surface area contributed by atoms with E-state index in [4.69, 9.17) is 17.3 Å². The number of anilines is 1. The van der Waals surface area contributed by atoms with Gasteiger partial charge in [0.2, 0.25) is 5.91 Å². The van der Waals surface area contributed by atoms with E-state index >= 15 is 0 Å².